The van der Waals surface area contributed by atoms with Gasteiger partial charge in [0.25, 0.3) is 0 Å². The summed E-state index contributed by atoms with van der Waals surface area (Å²) in [6.45, 7) is 3.96. The zero-order valence-electron chi connectivity index (χ0n) is 14.1. The topological polar surface area (TPSA) is 67.4 Å². The first-order valence-electron chi connectivity index (χ1n) is 7.85. The summed E-state index contributed by atoms with van der Waals surface area (Å²) in [7, 11) is 1.30. The molecular weight excluding hydrogens is 304 g/mol. The molecule has 24 heavy (non-hydrogen) atoms. The Labute approximate surface area is 142 Å². The predicted octanol–water partition coefficient (Wildman–Crippen LogP) is 3.59. The van der Waals surface area contributed by atoms with Gasteiger partial charge in [0.15, 0.2) is 6.04 Å². The number of benzene rings is 2. The second-order valence-corrected chi connectivity index (χ2v) is 5.43. The van der Waals surface area contributed by atoms with Crippen molar-refractivity contribution in [3.05, 3.63) is 65.2 Å². The van der Waals surface area contributed by atoms with Gasteiger partial charge in [0.05, 0.1) is 7.11 Å². The standard InChI is InChI=1S/C19H22N2O3/c1-4-14-12-8-9-13(2)16(14)20-19(23)21-17(18(22)24-3)15-10-6-5-7-11-15/h5-12,17H,4H2,1-3H3,(H2,20,21,23). The summed E-state index contributed by atoms with van der Waals surface area (Å²) in [6.07, 6.45) is 0.802. The van der Waals surface area contributed by atoms with E-state index in [1.807, 2.05) is 38.1 Å². The summed E-state index contributed by atoms with van der Waals surface area (Å²) >= 11 is 0. The average Bonchev–Trinajstić information content (AvgIpc) is 2.61. The fourth-order valence-electron chi connectivity index (χ4n) is 2.52. The third-order valence-corrected chi connectivity index (χ3v) is 3.82. The number of methoxy groups -OCH3 is 1. The second kappa shape index (κ2) is 8.15. The maximum atomic E-state index is 12.4. The van der Waals surface area contributed by atoms with E-state index in [2.05, 4.69) is 10.6 Å². The van der Waals surface area contributed by atoms with Crippen molar-refractivity contribution in [1.29, 1.82) is 0 Å². The van der Waals surface area contributed by atoms with Crippen LogP contribution in [0.3, 0.4) is 0 Å². The molecule has 0 radical (unpaired) electrons. The summed E-state index contributed by atoms with van der Waals surface area (Å²) in [5.74, 6) is -0.517. The van der Waals surface area contributed by atoms with Gasteiger partial charge in [-0.25, -0.2) is 9.59 Å². The number of esters is 1. The van der Waals surface area contributed by atoms with E-state index in [4.69, 9.17) is 4.74 Å². The van der Waals surface area contributed by atoms with Crippen LogP contribution in [0.1, 0.15) is 29.7 Å². The van der Waals surface area contributed by atoms with E-state index in [0.717, 1.165) is 23.2 Å². The van der Waals surface area contributed by atoms with Gasteiger partial charge < -0.3 is 15.4 Å². The lowest BCUT2D eigenvalue weighted by atomic mass is 10.1. The quantitative estimate of drug-likeness (QED) is 0.825. The summed E-state index contributed by atoms with van der Waals surface area (Å²) < 4.78 is 4.81. The molecule has 0 saturated heterocycles. The number of para-hydroxylation sites is 1. The molecule has 5 heteroatoms. The molecule has 5 nitrogen and oxygen atoms in total. The molecule has 1 unspecified atom stereocenters. The molecule has 2 rings (SSSR count). The minimum absolute atomic E-state index is 0.446. The molecule has 0 aliphatic carbocycles. The highest BCUT2D eigenvalue weighted by molar-refractivity contribution is 5.94. The number of rotatable bonds is 5. The van der Waals surface area contributed by atoms with Gasteiger partial charge in [-0.05, 0) is 30.0 Å². The fourth-order valence-corrected chi connectivity index (χ4v) is 2.52. The summed E-state index contributed by atoms with van der Waals surface area (Å²) in [4.78, 5) is 24.4. The number of ether oxygens (including phenoxy) is 1. The van der Waals surface area contributed by atoms with Crippen molar-refractivity contribution in [3.63, 3.8) is 0 Å². The number of anilines is 1. The van der Waals surface area contributed by atoms with E-state index in [1.54, 1.807) is 24.3 Å². The van der Waals surface area contributed by atoms with Crippen molar-refractivity contribution in [1.82, 2.24) is 5.32 Å². The van der Waals surface area contributed by atoms with Crippen molar-refractivity contribution in [2.24, 2.45) is 0 Å². The maximum absolute atomic E-state index is 12.4. The second-order valence-electron chi connectivity index (χ2n) is 5.43. The SMILES string of the molecule is CCc1cccc(C)c1NC(=O)NC(C(=O)OC)c1ccccc1. The Morgan fingerprint density at radius 3 is 2.42 bits per heavy atom. The molecule has 0 heterocycles. The smallest absolute Gasteiger partial charge is 0.333 e. The van der Waals surface area contributed by atoms with E-state index in [9.17, 15) is 9.59 Å². The molecule has 2 N–H and O–H groups in total. The predicted molar refractivity (Wildman–Crippen MR) is 93.9 cm³/mol. The number of hydrogen-bond donors (Lipinski definition) is 2. The first-order chi connectivity index (χ1) is 11.6. The highest BCUT2D eigenvalue weighted by atomic mass is 16.5. The Hall–Kier alpha value is -2.82. The van der Waals surface area contributed by atoms with E-state index in [1.165, 1.54) is 7.11 Å². The Balaban J connectivity index is 2.19. The Bertz CT molecular complexity index is 714. The molecule has 0 aromatic heterocycles. The molecule has 1 atom stereocenters. The van der Waals surface area contributed by atoms with Gasteiger partial charge in [0, 0.05) is 5.69 Å². The van der Waals surface area contributed by atoms with Crippen LogP contribution in [0.2, 0.25) is 0 Å². The molecule has 0 bridgehead atoms. The van der Waals surface area contributed by atoms with Gasteiger partial charge in [-0.1, -0.05) is 55.5 Å². The van der Waals surface area contributed by atoms with E-state index in [0.29, 0.717) is 5.56 Å². The van der Waals surface area contributed by atoms with E-state index < -0.39 is 18.0 Å². The average molecular weight is 326 g/mol. The van der Waals surface area contributed by atoms with Crippen LogP contribution in [-0.4, -0.2) is 19.1 Å². The summed E-state index contributed by atoms with van der Waals surface area (Å²) in [5.41, 5.74) is 3.45. The molecule has 2 aromatic carbocycles. The normalized spacial score (nSPS) is 11.5. The lowest BCUT2D eigenvalue weighted by Gasteiger charge is -2.19. The highest BCUT2D eigenvalue weighted by Gasteiger charge is 2.23. The molecule has 0 spiro atoms. The lowest BCUT2D eigenvalue weighted by Crippen LogP contribution is -2.37. The number of carbonyl (C=O) groups excluding carboxylic acids is 2. The number of aryl methyl sites for hydroxylation is 2. The minimum Gasteiger partial charge on any atom is -0.467 e. The van der Waals surface area contributed by atoms with E-state index in [-0.39, 0.29) is 0 Å². The van der Waals surface area contributed by atoms with Gasteiger partial charge in [0.2, 0.25) is 0 Å². The van der Waals surface area contributed by atoms with Crippen LogP contribution in [0.25, 0.3) is 0 Å². The number of carbonyl (C=O) groups is 2. The molecular formula is C19H22N2O3. The fraction of sp³-hybridized carbons (Fsp3) is 0.263. The third-order valence-electron chi connectivity index (χ3n) is 3.82. The number of hydrogen-bond acceptors (Lipinski definition) is 3. The van der Waals surface area contributed by atoms with Crippen LogP contribution in [0, 0.1) is 6.92 Å². The third kappa shape index (κ3) is 4.13. The van der Waals surface area contributed by atoms with Crippen LogP contribution < -0.4 is 10.6 Å². The van der Waals surface area contributed by atoms with E-state index >= 15 is 0 Å². The number of amides is 2. The molecule has 126 valence electrons. The molecule has 0 aliphatic rings. The molecule has 0 saturated carbocycles. The zero-order valence-corrected chi connectivity index (χ0v) is 14.1. The number of urea groups is 1. The highest BCUT2D eigenvalue weighted by Crippen LogP contribution is 2.21. The maximum Gasteiger partial charge on any atom is 0.333 e. The lowest BCUT2D eigenvalue weighted by molar-refractivity contribution is -0.143. The summed E-state index contributed by atoms with van der Waals surface area (Å²) in [5, 5.41) is 5.54. The van der Waals surface area contributed by atoms with Gasteiger partial charge in [0.1, 0.15) is 0 Å². The van der Waals surface area contributed by atoms with Crippen LogP contribution in [-0.2, 0) is 16.0 Å². The van der Waals surface area contributed by atoms with Crippen LogP contribution in [0.4, 0.5) is 10.5 Å². The number of nitrogens with one attached hydrogen (secondary N) is 2. The monoisotopic (exact) mass is 326 g/mol. The van der Waals surface area contributed by atoms with Crippen LogP contribution in [0.5, 0.6) is 0 Å². The van der Waals surface area contributed by atoms with Crippen molar-refractivity contribution >= 4 is 17.7 Å². The van der Waals surface area contributed by atoms with Crippen molar-refractivity contribution in [3.8, 4) is 0 Å². The Morgan fingerprint density at radius 1 is 1.08 bits per heavy atom. The Kier molecular flexibility index (Phi) is 5.95. The van der Waals surface area contributed by atoms with Gasteiger partial charge >= 0.3 is 12.0 Å². The van der Waals surface area contributed by atoms with Crippen molar-refractivity contribution in [2.45, 2.75) is 26.3 Å². The molecule has 2 aromatic rings. The van der Waals surface area contributed by atoms with Gasteiger partial charge in [-0.15, -0.1) is 0 Å². The zero-order chi connectivity index (χ0) is 17.5. The van der Waals surface area contributed by atoms with Gasteiger partial charge in [-0.3, -0.25) is 0 Å². The molecule has 2 amide bonds. The van der Waals surface area contributed by atoms with Crippen LogP contribution in [0.15, 0.2) is 48.5 Å². The van der Waals surface area contributed by atoms with Crippen molar-refractivity contribution in [2.75, 3.05) is 12.4 Å². The first kappa shape index (κ1) is 17.5. The van der Waals surface area contributed by atoms with Crippen LogP contribution >= 0.6 is 0 Å². The largest absolute Gasteiger partial charge is 0.467 e. The first-order valence-corrected chi connectivity index (χ1v) is 7.85. The Morgan fingerprint density at radius 2 is 1.79 bits per heavy atom. The minimum atomic E-state index is -0.856. The van der Waals surface area contributed by atoms with Crippen molar-refractivity contribution < 1.29 is 14.3 Å². The summed E-state index contributed by atoms with van der Waals surface area (Å²) in [6, 6.07) is 13.6. The molecule has 0 fully saturated rings. The van der Waals surface area contributed by atoms with Gasteiger partial charge in [-0.2, -0.15) is 0 Å². The molecule has 0 aliphatic heterocycles.